The van der Waals surface area contributed by atoms with Crippen molar-refractivity contribution >= 4 is 34.2 Å². The number of hydrogen-bond donors (Lipinski definition) is 1. The molecule has 1 unspecified atom stereocenters. The molecule has 0 spiro atoms. The molecule has 1 fully saturated rings. The van der Waals surface area contributed by atoms with Gasteiger partial charge < -0.3 is 10.2 Å². The van der Waals surface area contributed by atoms with Gasteiger partial charge >= 0.3 is 5.69 Å². The quantitative estimate of drug-likeness (QED) is 0.668. The Morgan fingerprint density at radius 2 is 1.81 bits per heavy atom. The van der Waals surface area contributed by atoms with Crippen LogP contribution in [0.15, 0.2) is 40.1 Å². The average molecular weight is 435 g/mol. The molecule has 9 nitrogen and oxygen atoms in total. The molecule has 1 N–H and O–H groups in total. The van der Waals surface area contributed by atoms with Gasteiger partial charge in [0.1, 0.15) is 5.39 Å². The first-order valence-corrected chi connectivity index (χ1v) is 10.5. The maximum absolute atomic E-state index is 13.2. The van der Waals surface area contributed by atoms with Crippen LogP contribution in [-0.4, -0.2) is 32.5 Å². The number of aromatic nitrogens is 3. The Morgan fingerprint density at radius 3 is 2.47 bits per heavy atom. The number of carbonyl (C=O) groups is 2. The van der Waals surface area contributed by atoms with Crippen molar-refractivity contribution in [2.24, 2.45) is 20.0 Å². The molecule has 9 heteroatoms. The summed E-state index contributed by atoms with van der Waals surface area (Å²) >= 11 is 0. The summed E-state index contributed by atoms with van der Waals surface area (Å²) in [6, 6.07) is 7.58. The molecule has 1 atom stereocenters. The maximum Gasteiger partial charge on any atom is 0.332 e. The molecule has 0 bridgehead atoms. The fourth-order valence-electron chi connectivity index (χ4n) is 4.06. The summed E-state index contributed by atoms with van der Waals surface area (Å²) in [5, 5.41) is 3.06. The van der Waals surface area contributed by atoms with Gasteiger partial charge in [-0.05, 0) is 31.0 Å². The highest BCUT2D eigenvalue weighted by molar-refractivity contribution is 6.06. The summed E-state index contributed by atoms with van der Waals surface area (Å²) in [4.78, 5) is 56.8. The lowest BCUT2D eigenvalue weighted by atomic mass is 10.1. The van der Waals surface area contributed by atoms with Crippen molar-refractivity contribution in [2.75, 3.05) is 16.8 Å². The Morgan fingerprint density at radius 1 is 1.12 bits per heavy atom. The predicted molar refractivity (Wildman–Crippen MR) is 122 cm³/mol. The summed E-state index contributed by atoms with van der Waals surface area (Å²) < 4.78 is 2.28. The Hall–Kier alpha value is -3.75. The normalized spacial score (nSPS) is 16.1. The molecular weight excluding hydrogens is 410 g/mol. The van der Waals surface area contributed by atoms with Crippen LogP contribution in [0.3, 0.4) is 0 Å². The Balaban J connectivity index is 1.70. The molecule has 1 saturated heterocycles. The van der Waals surface area contributed by atoms with Gasteiger partial charge in [0, 0.05) is 38.9 Å². The van der Waals surface area contributed by atoms with Crippen LogP contribution < -0.4 is 21.5 Å². The SMILES string of the molecule is CCc1cnc2c(c1NC(=O)C1CC(=O)N(c3ccc(C)cc3)C1)c(=O)n(C)c(=O)n2C. The number of carbonyl (C=O) groups excluding carboxylic acids is 2. The van der Waals surface area contributed by atoms with E-state index in [1.54, 1.807) is 11.1 Å². The van der Waals surface area contributed by atoms with Gasteiger partial charge in [0.25, 0.3) is 5.56 Å². The zero-order valence-corrected chi connectivity index (χ0v) is 18.5. The van der Waals surface area contributed by atoms with E-state index in [4.69, 9.17) is 0 Å². The van der Waals surface area contributed by atoms with Gasteiger partial charge in [0.05, 0.1) is 11.6 Å². The summed E-state index contributed by atoms with van der Waals surface area (Å²) in [6.07, 6.45) is 2.18. The number of benzene rings is 1. The Kier molecular flexibility index (Phi) is 5.41. The van der Waals surface area contributed by atoms with Crippen molar-refractivity contribution in [1.29, 1.82) is 0 Å². The lowest BCUT2D eigenvalue weighted by Crippen LogP contribution is -2.38. The van der Waals surface area contributed by atoms with Gasteiger partial charge in [-0.1, -0.05) is 24.6 Å². The fraction of sp³-hybridized carbons (Fsp3) is 0.348. The zero-order chi connectivity index (χ0) is 23.2. The van der Waals surface area contributed by atoms with Gasteiger partial charge in [-0.3, -0.25) is 23.5 Å². The second-order valence-electron chi connectivity index (χ2n) is 8.15. The van der Waals surface area contributed by atoms with E-state index in [-0.39, 0.29) is 35.8 Å². The number of rotatable bonds is 4. The van der Waals surface area contributed by atoms with Gasteiger partial charge in [-0.25, -0.2) is 9.78 Å². The van der Waals surface area contributed by atoms with Crippen LogP contribution in [0.25, 0.3) is 11.0 Å². The number of nitrogens with one attached hydrogen (secondary N) is 1. The Labute approximate surface area is 184 Å². The molecule has 0 saturated carbocycles. The van der Waals surface area contributed by atoms with E-state index in [2.05, 4.69) is 10.3 Å². The van der Waals surface area contributed by atoms with E-state index in [1.165, 1.54) is 18.7 Å². The highest BCUT2D eigenvalue weighted by Crippen LogP contribution is 2.28. The molecule has 1 aliphatic rings. The van der Waals surface area contributed by atoms with Crippen LogP contribution in [0.5, 0.6) is 0 Å². The first-order chi connectivity index (χ1) is 15.2. The average Bonchev–Trinajstić information content (AvgIpc) is 3.18. The van der Waals surface area contributed by atoms with E-state index >= 15 is 0 Å². The monoisotopic (exact) mass is 435 g/mol. The van der Waals surface area contributed by atoms with Crippen molar-refractivity contribution in [2.45, 2.75) is 26.7 Å². The van der Waals surface area contributed by atoms with Crippen molar-refractivity contribution in [3.63, 3.8) is 0 Å². The molecule has 32 heavy (non-hydrogen) atoms. The first kappa shape index (κ1) is 21.5. The number of aryl methyl sites for hydroxylation is 3. The third kappa shape index (κ3) is 3.49. The van der Waals surface area contributed by atoms with Crippen molar-refractivity contribution in [1.82, 2.24) is 14.1 Å². The van der Waals surface area contributed by atoms with Gasteiger partial charge in [0.15, 0.2) is 5.65 Å². The molecule has 4 rings (SSSR count). The van der Waals surface area contributed by atoms with Crippen LogP contribution >= 0.6 is 0 Å². The molecule has 0 radical (unpaired) electrons. The van der Waals surface area contributed by atoms with Gasteiger partial charge in [-0.15, -0.1) is 0 Å². The number of nitrogens with zero attached hydrogens (tertiary/aromatic N) is 4. The molecule has 1 aliphatic heterocycles. The minimum Gasteiger partial charge on any atom is -0.325 e. The third-order valence-corrected chi connectivity index (χ3v) is 6.02. The van der Waals surface area contributed by atoms with E-state index < -0.39 is 17.2 Å². The molecule has 2 aromatic heterocycles. The highest BCUT2D eigenvalue weighted by Gasteiger charge is 2.35. The molecule has 3 aromatic rings. The molecule has 166 valence electrons. The van der Waals surface area contributed by atoms with Crippen LogP contribution in [0.2, 0.25) is 0 Å². The largest absolute Gasteiger partial charge is 0.332 e. The Bertz CT molecular complexity index is 1350. The minimum atomic E-state index is -0.562. The van der Waals surface area contributed by atoms with Crippen LogP contribution in [0.4, 0.5) is 11.4 Å². The van der Waals surface area contributed by atoms with Crippen LogP contribution in [0, 0.1) is 12.8 Å². The lowest BCUT2D eigenvalue weighted by molar-refractivity contribution is -0.122. The van der Waals surface area contributed by atoms with Crippen LogP contribution in [-0.2, 0) is 30.1 Å². The maximum atomic E-state index is 13.2. The minimum absolute atomic E-state index is 0.0840. The smallest absolute Gasteiger partial charge is 0.325 e. The third-order valence-electron chi connectivity index (χ3n) is 6.02. The molecule has 3 heterocycles. The van der Waals surface area contributed by atoms with Gasteiger partial charge in [-0.2, -0.15) is 0 Å². The molecule has 0 aliphatic carbocycles. The number of amides is 2. The van der Waals surface area contributed by atoms with Crippen molar-refractivity contribution < 1.29 is 9.59 Å². The summed E-state index contributed by atoms with van der Waals surface area (Å²) in [6.45, 7) is 4.12. The predicted octanol–water partition coefficient (Wildman–Crippen LogP) is 1.49. The van der Waals surface area contributed by atoms with E-state index in [0.29, 0.717) is 17.7 Å². The molecule has 1 aromatic carbocycles. The summed E-state index contributed by atoms with van der Waals surface area (Å²) in [5.74, 6) is -1.03. The zero-order valence-electron chi connectivity index (χ0n) is 18.5. The van der Waals surface area contributed by atoms with Crippen molar-refractivity contribution in [3.8, 4) is 0 Å². The second kappa shape index (κ2) is 8.07. The van der Waals surface area contributed by atoms with E-state index in [0.717, 1.165) is 15.8 Å². The highest BCUT2D eigenvalue weighted by atomic mass is 16.2. The number of pyridine rings is 1. The second-order valence-corrected chi connectivity index (χ2v) is 8.15. The molecule has 2 amide bonds. The number of hydrogen-bond acceptors (Lipinski definition) is 5. The molecular formula is C23H25N5O4. The van der Waals surface area contributed by atoms with E-state index in [9.17, 15) is 19.2 Å². The first-order valence-electron chi connectivity index (χ1n) is 10.5. The topological polar surface area (TPSA) is 106 Å². The fourth-order valence-corrected chi connectivity index (χ4v) is 4.06. The van der Waals surface area contributed by atoms with Crippen LogP contribution in [0.1, 0.15) is 24.5 Å². The summed E-state index contributed by atoms with van der Waals surface area (Å²) in [5.41, 5.74) is 2.05. The summed E-state index contributed by atoms with van der Waals surface area (Å²) in [7, 11) is 2.92. The number of fused-ring (bicyclic) bond motifs is 1. The van der Waals surface area contributed by atoms with Crippen molar-refractivity contribution in [3.05, 3.63) is 62.4 Å². The van der Waals surface area contributed by atoms with Gasteiger partial charge in [0.2, 0.25) is 11.8 Å². The number of anilines is 2. The van der Waals surface area contributed by atoms with E-state index in [1.807, 2.05) is 38.1 Å². The standard InChI is InChI=1S/C23H25N5O4/c1-5-14-11-24-20-18(22(31)27(4)23(32)26(20)3)19(14)25-21(30)15-10-17(29)28(12-15)16-8-6-13(2)7-9-16/h6-9,11,15H,5,10,12H2,1-4H3,(H,24,25,30). The lowest BCUT2D eigenvalue weighted by Gasteiger charge is -2.18.